The largest absolute Gasteiger partial charge is 0.508 e. The lowest BCUT2D eigenvalue weighted by atomic mass is 10.1. The first-order valence-corrected chi connectivity index (χ1v) is 6.92. The van der Waals surface area contributed by atoms with Crippen molar-refractivity contribution in [3.05, 3.63) is 68.5 Å². The number of carbonyl (C=O) groups is 1. The van der Waals surface area contributed by atoms with E-state index in [9.17, 15) is 24.4 Å². The molecule has 0 fully saturated rings. The number of halogens is 2. The van der Waals surface area contributed by atoms with Gasteiger partial charge in [-0.25, -0.2) is 4.39 Å². The number of non-ortho nitro benzene ring substituents is 1. The quantitative estimate of drug-likeness (QED) is 0.647. The summed E-state index contributed by atoms with van der Waals surface area (Å²) in [5, 5.41) is 23.0. The van der Waals surface area contributed by atoms with Crippen LogP contribution in [0, 0.1) is 15.9 Å². The van der Waals surface area contributed by atoms with Crippen LogP contribution in [0.3, 0.4) is 0 Å². The van der Waals surface area contributed by atoms with Gasteiger partial charge in [-0.2, -0.15) is 0 Å². The number of amides is 1. The van der Waals surface area contributed by atoms with Crippen LogP contribution in [-0.4, -0.2) is 15.9 Å². The molecule has 0 aliphatic heterocycles. The molecule has 0 unspecified atom stereocenters. The molecule has 0 saturated heterocycles. The standard InChI is InChI=1S/C15H12ClFN2O4/c16-12-2-1-3-13(17)11(12)7-15(21)18-8-9-6-10(19(22)23)4-5-14(9)20/h1-6,20H,7-8H2,(H,18,21). The average molecular weight is 339 g/mol. The maximum atomic E-state index is 13.6. The topological polar surface area (TPSA) is 92.5 Å². The molecule has 0 aliphatic rings. The Hall–Kier alpha value is -2.67. The Morgan fingerprint density at radius 3 is 2.74 bits per heavy atom. The second-order valence-corrected chi connectivity index (χ2v) is 5.13. The molecule has 0 aromatic heterocycles. The molecular weight excluding hydrogens is 327 g/mol. The van der Waals surface area contributed by atoms with E-state index < -0.39 is 16.6 Å². The summed E-state index contributed by atoms with van der Waals surface area (Å²) in [7, 11) is 0. The zero-order valence-electron chi connectivity index (χ0n) is 11.8. The van der Waals surface area contributed by atoms with Crippen LogP contribution < -0.4 is 5.32 Å². The van der Waals surface area contributed by atoms with Crippen LogP contribution in [0.2, 0.25) is 5.02 Å². The number of nitro benzene ring substituents is 1. The van der Waals surface area contributed by atoms with E-state index in [0.717, 1.165) is 12.1 Å². The second kappa shape index (κ2) is 7.06. The third kappa shape index (κ3) is 4.17. The first-order chi connectivity index (χ1) is 10.9. The van der Waals surface area contributed by atoms with Crippen molar-refractivity contribution in [3.63, 3.8) is 0 Å². The Labute approximate surface area is 135 Å². The predicted molar refractivity (Wildman–Crippen MR) is 81.7 cm³/mol. The monoisotopic (exact) mass is 338 g/mol. The van der Waals surface area contributed by atoms with Gasteiger partial charge in [-0.1, -0.05) is 17.7 Å². The van der Waals surface area contributed by atoms with Crippen molar-refractivity contribution in [2.24, 2.45) is 0 Å². The number of nitrogens with one attached hydrogen (secondary N) is 1. The number of carbonyl (C=O) groups excluding carboxylic acids is 1. The smallest absolute Gasteiger partial charge is 0.270 e. The fraction of sp³-hybridized carbons (Fsp3) is 0.133. The highest BCUT2D eigenvalue weighted by molar-refractivity contribution is 6.31. The maximum absolute atomic E-state index is 13.6. The van der Waals surface area contributed by atoms with Gasteiger partial charge < -0.3 is 10.4 Å². The molecule has 0 aliphatic carbocycles. The molecule has 2 aromatic carbocycles. The van der Waals surface area contributed by atoms with Crippen molar-refractivity contribution >= 4 is 23.2 Å². The number of rotatable bonds is 5. The van der Waals surface area contributed by atoms with Gasteiger partial charge in [0.05, 0.1) is 11.3 Å². The number of hydrogen-bond acceptors (Lipinski definition) is 4. The van der Waals surface area contributed by atoms with E-state index in [1.54, 1.807) is 0 Å². The Morgan fingerprint density at radius 1 is 1.35 bits per heavy atom. The Morgan fingerprint density at radius 2 is 2.09 bits per heavy atom. The molecule has 1 amide bonds. The van der Waals surface area contributed by atoms with Gasteiger partial charge in [0, 0.05) is 34.8 Å². The summed E-state index contributed by atoms with van der Waals surface area (Å²) in [6, 6.07) is 7.58. The van der Waals surface area contributed by atoms with Crippen molar-refractivity contribution in [2.75, 3.05) is 0 Å². The van der Waals surface area contributed by atoms with Gasteiger partial charge in [0.2, 0.25) is 5.91 Å². The maximum Gasteiger partial charge on any atom is 0.270 e. The third-order valence-electron chi connectivity index (χ3n) is 3.15. The molecule has 0 radical (unpaired) electrons. The number of phenolic OH excluding ortho intramolecular Hbond substituents is 1. The van der Waals surface area contributed by atoms with Crippen molar-refractivity contribution in [1.82, 2.24) is 5.32 Å². The highest BCUT2D eigenvalue weighted by atomic mass is 35.5. The summed E-state index contributed by atoms with van der Waals surface area (Å²) in [6.07, 6.45) is -0.277. The highest BCUT2D eigenvalue weighted by Gasteiger charge is 2.14. The van der Waals surface area contributed by atoms with Crippen molar-refractivity contribution in [1.29, 1.82) is 0 Å². The van der Waals surface area contributed by atoms with E-state index >= 15 is 0 Å². The van der Waals surface area contributed by atoms with Gasteiger partial charge >= 0.3 is 0 Å². The van der Waals surface area contributed by atoms with E-state index in [1.165, 1.54) is 24.3 Å². The summed E-state index contributed by atoms with van der Waals surface area (Å²) < 4.78 is 13.6. The van der Waals surface area contributed by atoms with Crippen LogP contribution in [0.15, 0.2) is 36.4 Å². The molecule has 0 bridgehead atoms. The number of nitro groups is 1. The van der Waals surface area contributed by atoms with Gasteiger partial charge in [-0.05, 0) is 18.2 Å². The fourth-order valence-corrected chi connectivity index (χ4v) is 2.17. The molecule has 120 valence electrons. The van der Waals surface area contributed by atoms with Crippen LogP contribution in [0.4, 0.5) is 10.1 Å². The fourth-order valence-electron chi connectivity index (χ4n) is 1.95. The lowest BCUT2D eigenvalue weighted by molar-refractivity contribution is -0.384. The number of phenols is 1. The average Bonchev–Trinajstić information content (AvgIpc) is 2.50. The molecule has 0 spiro atoms. The number of benzene rings is 2. The Kier molecular flexibility index (Phi) is 5.13. The summed E-state index contributed by atoms with van der Waals surface area (Å²) in [5.74, 6) is -1.30. The molecule has 2 rings (SSSR count). The summed E-state index contributed by atoms with van der Waals surface area (Å²) >= 11 is 5.84. The van der Waals surface area contributed by atoms with Gasteiger partial charge in [0.25, 0.3) is 5.69 Å². The van der Waals surface area contributed by atoms with Crippen LogP contribution in [0.5, 0.6) is 5.75 Å². The number of hydrogen-bond donors (Lipinski definition) is 2. The Bertz CT molecular complexity index is 747. The van der Waals surface area contributed by atoms with Gasteiger partial charge in [0.15, 0.2) is 0 Å². The molecule has 2 aromatic rings. The van der Waals surface area contributed by atoms with E-state index in [0.29, 0.717) is 0 Å². The van der Waals surface area contributed by atoms with Crippen LogP contribution >= 0.6 is 11.6 Å². The normalized spacial score (nSPS) is 10.3. The summed E-state index contributed by atoms with van der Waals surface area (Å²) in [6.45, 7) is -0.127. The molecular formula is C15H12ClFN2O4. The van der Waals surface area contributed by atoms with Crippen LogP contribution in [-0.2, 0) is 17.8 Å². The zero-order valence-corrected chi connectivity index (χ0v) is 12.5. The zero-order chi connectivity index (χ0) is 17.0. The number of aromatic hydroxyl groups is 1. The highest BCUT2D eigenvalue weighted by Crippen LogP contribution is 2.23. The molecule has 6 nitrogen and oxygen atoms in total. The molecule has 8 heteroatoms. The van der Waals surface area contributed by atoms with E-state index in [-0.39, 0.29) is 40.6 Å². The molecule has 23 heavy (non-hydrogen) atoms. The van der Waals surface area contributed by atoms with Crippen molar-refractivity contribution in [2.45, 2.75) is 13.0 Å². The molecule has 0 heterocycles. The SMILES string of the molecule is O=C(Cc1c(F)cccc1Cl)NCc1cc([N+](=O)[O-])ccc1O. The third-order valence-corrected chi connectivity index (χ3v) is 3.50. The minimum absolute atomic E-state index is 0.0648. The minimum Gasteiger partial charge on any atom is -0.508 e. The van der Waals surface area contributed by atoms with Crippen LogP contribution in [0.1, 0.15) is 11.1 Å². The minimum atomic E-state index is -0.607. The summed E-state index contributed by atoms with van der Waals surface area (Å²) in [4.78, 5) is 22.0. The van der Waals surface area contributed by atoms with Crippen LogP contribution in [0.25, 0.3) is 0 Å². The van der Waals surface area contributed by atoms with Crippen molar-refractivity contribution in [3.8, 4) is 5.75 Å². The van der Waals surface area contributed by atoms with E-state index in [2.05, 4.69) is 5.32 Å². The molecule has 0 atom stereocenters. The molecule has 2 N–H and O–H groups in total. The van der Waals surface area contributed by atoms with Gasteiger partial charge in [-0.3, -0.25) is 14.9 Å². The summed E-state index contributed by atoms with van der Waals surface area (Å²) in [5.41, 5.74) is 0.0475. The lowest BCUT2D eigenvalue weighted by Crippen LogP contribution is -2.25. The lowest BCUT2D eigenvalue weighted by Gasteiger charge is -2.09. The molecule has 0 saturated carbocycles. The van der Waals surface area contributed by atoms with Gasteiger partial charge in [0.1, 0.15) is 11.6 Å². The van der Waals surface area contributed by atoms with E-state index in [1.807, 2.05) is 0 Å². The number of nitrogens with zero attached hydrogens (tertiary/aromatic N) is 1. The predicted octanol–water partition coefficient (Wildman–Crippen LogP) is 2.95. The van der Waals surface area contributed by atoms with Crippen molar-refractivity contribution < 1.29 is 19.2 Å². The Balaban J connectivity index is 2.05. The van der Waals surface area contributed by atoms with Gasteiger partial charge in [-0.15, -0.1) is 0 Å². The van der Waals surface area contributed by atoms with E-state index in [4.69, 9.17) is 11.6 Å². The second-order valence-electron chi connectivity index (χ2n) is 4.72. The first-order valence-electron chi connectivity index (χ1n) is 6.54. The first kappa shape index (κ1) is 16.7.